The first-order chi connectivity index (χ1) is 11.4. The number of rotatable bonds is 9. The Bertz CT molecular complexity index is 522. The molecular formula is C19H31N3O2. The summed E-state index contributed by atoms with van der Waals surface area (Å²) in [6.07, 6.45) is 1.05. The molecule has 0 bridgehead atoms. The van der Waals surface area contributed by atoms with Crippen molar-refractivity contribution in [2.45, 2.75) is 47.1 Å². The third kappa shape index (κ3) is 6.71. The van der Waals surface area contributed by atoms with Gasteiger partial charge in [0, 0.05) is 23.8 Å². The van der Waals surface area contributed by atoms with E-state index in [1.807, 2.05) is 0 Å². The molecule has 2 N–H and O–H groups in total. The third-order valence-electron chi connectivity index (χ3n) is 4.12. The summed E-state index contributed by atoms with van der Waals surface area (Å²) < 4.78 is 0. The van der Waals surface area contributed by atoms with Gasteiger partial charge in [0.25, 0.3) is 0 Å². The second kappa shape index (κ2) is 10.1. The van der Waals surface area contributed by atoms with Crippen molar-refractivity contribution in [1.29, 1.82) is 0 Å². The Labute approximate surface area is 145 Å². The molecule has 5 heteroatoms. The molecule has 1 atom stereocenters. The van der Waals surface area contributed by atoms with Gasteiger partial charge in [-0.25, -0.2) is 4.79 Å². The average Bonchev–Trinajstić information content (AvgIpc) is 2.53. The van der Waals surface area contributed by atoms with Gasteiger partial charge in [-0.15, -0.1) is 0 Å². The van der Waals surface area contributed by atoms with Crippen LogP contribution in [-0.4, -0.2) is 42.4 Å². The molecule has 1 aromatic carbocycles. The van der Waals surface area contributed by atoms with Crippen molar-refractivity contribution < 1.29 is 9.59 Å². The molecule has 0 saturated heterocycles. The van der Waals surface area contributed by atoms with Gasteiger partial charge < -0.3 is 10.6 Å². The van der Waals surface area contributed by atoms with E-state index in [2.05, 4.69) is 43.2 Å². The van der Waals surface area contributed by atoms with E-state index < -0.39 is 0 Å². The van der Waals surface area contributed by atoms with Crippen LogP contribution in [0.3, 0.4) is 0 Å². The van der Waals surface area contributed by atoms with Gasteiger partial charge >= 0.3 is 6.03 Å². The second-order valence-corrected chi connectivity index (χ2v) is 6.47. The molecule has 1 aromatic rings. The number of anilines is 1. The van der Waals surface area contributed by atoms with Crippen LogP contribution in [0.15, 0.2) is 24.3 Å². The summed E-state index contributed by atoms with van der Waals surface area (Å²) in [4.78, 5) is 25.8. The van der Waals surface area contributed by atoms with Crippen LogP contribution < -0.4 is 10.6 Å². The lowest BCUT2D eigenvalue weighted by molar-refractivity contribution is 0.101. The number of hydrogen-bond acceptors (Lipinski definition) is 3. The fourth-order valence-corrected chi connectivity index (χ4v) is 2.82. The molecule has 1 unspecified atom stereocenters. The lowest BCUT2D eigenvalue weighted by Crippen LogP contribution is -2.45. The Kier molecular flexibility index (Phi) is 8.47. The SMILES string of the molecule is CCN(CC)C(CNC(=O)Nc1ccc(C(C)=O)cc1)CC(C)C. The number of carbonyl (C=O) groups is 2. The predicted molar refractivity (Wildman–Crippen MR) is 99.6 cm³/mol. The van der Waals surface area contributed by atoms with Crippen LogP contribution in [0.4, 0.5) is 10.5 Å². The number of amides is 2. The summed E-state index contributed by atoms with van der Waals surface area (Å²) in [6, 6.07) is 7.04. The molecule has 0 saturated carbocycles. The lowest BCUT2D eigenvalue weighted by Gasteiger charge is -2.31. The maximum atomic E-state index is 12.1. The minimum atomic E-state index is -0.216. The summed E-state index contributed by atoms with van der Waals surface area (Å²) in [7, 11) is 0. The van der Waals surface area contributed by atoms with Crippen LogP contribution in [0, 0.1) is 5.92 Å². The van der Waals surface area contributed by atoms with Crippen LogP contribution in [0.2, 0.25) is 0 Å². The van der Waals surface area contributed by atoms with Gasteiger partial charge in [0.05, 0.1) is 0 Å². The summed E-state index contributed by atoms with van der Waals surface area (Å²) in [5, 5.41) is 5.78. The number of hydrogen-bond donors (Lipinski definition) is 2. The van der Waals surface area contributed by atoms with Gasteiger partial charge in [0.15, 0.2) is 5.78 Å². The zero-order valence-corrected chi connectivity index (χ0v) is 15.6. The van der Waals surface area contributed by atoms with Gasteiger partial charge in [-0.3, -0.25) is 9.69 Å². The van der Waals surface area contributed by atoms with Gasteiger partial charge in [0.2, 0.25) is 0 Å². The summed E-state index contributed by atoms with van der Waals surface area (Å²) in [5.41, 5.74) is 1.32. The fourth-order valence-electron chi connectivity index (χ4n) is 2.82. The quantitative estimate of drug-likeness (QED) is 0.676. The highest BCUT2D eigenvalue weighted by molar-refractivity contribution is 5.95. The Morgan fingerprint density at radius 3 is 2.12 bits per heavy atom. The zero-order chi connectivity index (χ0) is 18.1. The first kappa shape index (κ1) is 20.2. The van der Waals surface area contributed by atoms with E-state index in [1.54, 1.807) is 24.3 Å². The molecule has 0 aromatic heterocycles. The van der Waals surface area contributed by atoms with Crippen LogP contribution in [0.1, 0.15) is 51.4 Å². The van der Waals surface area contributed by atoms with Gasteiger partial charge in [-0.05, 0) is 56.6 Å². The van der Waals surface area contributed by atoms with Crippen molar-refractivity contribution in [3.05, 3.63) is 29.8 Å². The number of Topliss-reactive ketones (excluding diaryl/α,β-unsaturated/α-hetero) is 1. The number of likely N-dealkylation sites (N-methyl/N-ethyl adjacent to an activating group) is 1. The van der Waals surface area contributed by atoms with E-state index in [0.29, 0.717) is 29.8 Å². The molecule has 5 nitrogen and oxygen atoms in total. The first-order valence-electron chi connectivity index (χ1n) is 8.77. The first-order valence-corrected chi connectivity index (χ1v) is 8.77. The van der Waals surface area contributed by atoms with E-state index in [9.17, 15) is 9.59 Å². The number of benzene rings is 1. The van der Waals surface area contributed by atoms with E-state index in [-0.39, 0.29) is 11.8 Å². The highest BCUT2D eigenvalue weighted by atomic mass is 16.2. The highest BCUT2D eigenvalue weighted by Crippen LogP contribution is 2.12. The number of carbonyl (C=O) groups excluding carboxylic acids is 2. The van der Waals surface area contributed by atoms with Crippen LogP contribution in [-0.2, 0) is 0 Å². The maximum Gasteiger partial charge on any atom is 0.319 e. The molecule has 2 amide bonds. The summed E-state index contributed by atoms with van der Waals surface area (Å²) in [5.74, 6) is 0.598. The lowest BCUT2D eigenvalue weighted by atomic mass is 10.0. The number of nitrogens with zero attached hydrogens (tertiary/aromatic N) is 1. The molecule has 0 radical (unpaired) electrons. The predicted octanol–water partition coefficient (Wildman–Crippen LogP) is 3.77. The van der Waals surface area contributed by atoms with E-state index in [1.165, 1.54) is 6.92 Å². The van der Waals surface area contributed by atoms with Crippen molar-refractivity contribution in [1.82, 2.24) is 10.2 Å². The Morgan fingerprint density at radius 2 is 1.67 bits per heavy atom. The maximum absolute atomic E-state index is 12.1. The molecule has 0 aliphatic carbocycles. The number of ketones is 1. The van der Waals surface area contributed by atoms with Gasteiger partial charge in [-0.1, -0.05) is 27.7 Å². The third-order valence-corrected chi connectivity index (χ3v) is 4.12. The topological polar surface area (TPSA) is 61.4 Å². The average molecular weight is 333 g/mol. The molecule has 0 aliphatic rings. The van der Waals surface area contributed by atoms with E-state index >= 15 is 0 Å². The standard InChI is InChI=1S/C19H31N3O2/c1-6-22(7-2)18(12-14(3)4)13-20-19(24)21-17-10-8-16(9-11-17)15(5)23/h8-11,14,18H,6-7,12-13H2,1-5H3,(H2,20,21,24). The Balaban J connectivity index is 2.57. The van der Waals surface area contributed by atoms with Crippen molar-refractivity contribution in [3.63, 3.8) is 0 Å². The van der Waals surface area contributed by atoms with Crippen LogP contribution in [0.5, 0.6) is 0 Å². The number of nitrogens with one attached hydrogen (secondary N) is 2. The van der Waals surface area contributed by atoms with Crippen molar-refractivity contribution in [2.24, 2.45) is 5.92 Å². The van der Waals surface area contributed by atoms with Crippen molar-refractivity contribution >= 4 is 17.5 Å². The Hall–Kier alpha value is -1.88. The second-order valence-electron chi connectivity index (χ2n) is 6.47. The van der Waals surface area contributed by atoms with Crippen molar-refractivity contribution in [3.8, 4) is 0 Å². The van der Waals surface area contributed by atoms with Gasteiger partial charge in [0.1, 0.15) is 0 Å². The highest BCUT2D eigenvalue weighted by Gasteiger charge is 2.18. The molecule has 24 heavy (non-hydrogen) atoms. The van der Waals surface area contributed by atoms with E-state index in [0.717, 1.165) is 19.5 Å². The minimum absolute atomic E-state index is 0.0155. The molecule has 0 heterocycles. The molecule has 134 valence electrons. The molecule has 0 aliphatic heterocycles. The minimum Gasteiger partial charge on any atom is -0.336 e. The zero-order valence-electron chi connectivity index (χ0n) is 15.6. The molecular weight excluding hydrogens is 302 g/mol. The molecule has 1 rings (SSSR count). The van der Waals surface area contributed by atoms with Crippen LogP contribution in [0.25, 0.3) is 0 Å². The summed E-state index contributed by atoms with van der Waals surface area (Å²) in [6.45, 7) is 12.8. The van der Waals surface area contributed by atoms with E-state index in [4.69, 9.17) is 0 Å². The monoisotopic (exact) mass is 333 g/mol. The number of urea groups is 1. The largest absolute Gasteiger partial charge is 0.336 e. The summed E-state index contributed by atoms with van der Waals surface area (Å²) >= 11 is 0. The van der Waals surface area contributed by atoms with Crippen molar-refractivity contribution in [2.75, 3.05) is 25.0 Å². The fraction of sp³-hybridized carbons (Fsp3) is 0.579. The normalized spacial score (nSPS) is 12.3. The Morgan fingerprint density at radius 1 is 1.08 bits per heavy atom. The van der Waals surface area contributed by atoms with Gasteiger partial charge in [-0.2, -0.15) is 0 Å². The molecule has 0 spiro atoms. The molecule has 0 fully saturated rings. The smallest absolute Gasteiger partial charge is 0.319 e. The van der Waals surface area contributed by atoms with Crippen LogP contribution >= 0.6 is 0 Å².